The molecule has 5 heteroatoms. The van der Waals surface area contributed by atoms with Crippen molar-refractivity contribution >= 4 is 5.82 Å². The van der Waals surface area contributed by atoms with Gasteiger partial charge in [0.25, 0.3) is 0 Å². The van der Waals surface area contributed by atoms with Gasteiger partial charge in [-0.25, -0.2) is 8.78 Å². The number of rotatable bonds is 2. The maximum absolute atomic E-state index is 13.3. The molecule has 0 spiro atoms. The fourth-order valence-corrected chi connectivity index (χ4v) is 1.33. The molecule has 2 rings (SSSR count). The predicted molar refractivity (Wildman–Crippen MR) is 52.2 cm³/mol. The van der Waals surface area contributed by atoms with Crippen molar-refractivity contribution in [3.8, 4) is 0 Å². The quantitative estimate of drug-likeness (QED) is 0.793. The molecule has 0 saturated carbocycles. The van der Waals surface area contributed by atoms with E-state index in [4.69, 9.17) is 5.73 Å². The number of aromatic nitrogens is 2. The van der Waals surface area contributed by atoms with Gasteiger partial charge in [-0.2, -0.15) is 5.10 Å². The van der Waals surface area contributed by atoms with E-state index < -0.39 is 11.6 Å². The highest BCUT2D eigenvalue weighted by molar-refractivity contribution is 5.40. The molecule has 1 aromatic carbocycles. The summed E-state index contributed by atoms with van der Waals surface area (Å²) in [5, 5.41) is 6.27. The zero-order chi connectivity index (χ0) is 10.8. The number of benzene rings is 1. The summed E-state index contributed by atoms with van der Waals surface area (Å²) in [6, 6.07) is 3.47. The van der Waals surface area contributed by atoms with Crippen molar-refractivity contribution in [3.05, 3.63) is 47.2 Å². The van der Waals surface area contributed by atoms with Gasteiger partial charge >= 0.3 is 0 Å². The first-order valence-corrected chi connectivity index (χ1v) is 4.38. The molecule has 2 aromatic rings. The van der Waals surface area contributed by atoms with E-state index in [0.29, 0.717) is 23.4 Å². The first-order chi connectivity index (χ1) is 7.16. The van der Waals surface area contributed by atoms with Crippen molar-refractivity contribution in [2.75, 3.05) is 5.73 Å². The zero-order valence-electron chi connectivity index (χ0n) is 7.80. The second kappa shape index (κ2) is 3.68. The molecule has 1 aromatic heterocycles. The fraction of sp³-hybridized carbons (Fsp3) is 0.100. The molecule has 15 heavy (non-hydrogen) atoms. The lowest BCUT2D eigenvalue weighted by Gasteiger charge is -2.01. The SMILES string of the molecule is Nc1[nH]ncc1Cc1ccc(F)cc1F. The zero-order valence-corrected chi connectivity index (χ0v) is 7.80. The third-order valence-electron chi connectivity index (χ3n) is 2.15. The van der Waals surface area contributed by atoms with E-state index in [1.54, 1.807) is 0 Å². The Morgan fingerprint density at radius 3 is 2.67 bits per heavy atom. The monoisotopic (exact) mass is 209 g/mol. The van der Waals surface area contributed by atoms with Gasteiger partial charge in [-0.1, -0.05) is 6.07 Å². The van der Waals surface area contributed by atoms with Crippen LogP contribution in [0.4, 0.5) is 14.6 Å². The number of nitrogen functional groups attached to an aromatic ring is 1. The maximum atomic E-state index is 13.3. The van der Waals surface area contributed by atoms with Gasteiger partial charge in [-0.15, -0.1) is 0 Å². The predicted octanol–water partition coefficient (Wildman–Crippen LogP) is 1.86. The van der Waals surface area contributed by atoms with Crippen LogP contribution < -0.4 is 5.73 Å². The standard InChI is InChI=1S/C10H9F2N3/c11-8-2-1-6(9(12)4-8)3-7-5-14-15-10(7)13/h1-2,4-5H,3H2,(H3,13,14,15). The Bertz CT molecular complexity index is 479. The molecule has 0 unspecified atom stereocenters. The lowest BCUT2D eigenvalue weighted by Crippen LogP contribution is -1.96. The number of hydrogen-bond donors (Lipinski definition) is 2. The lowest BCUT2D eigenvalue weighted by molar-refractivity contribution is 0.574. The fourth-order valence-electron chi connectivity index (χ4n) is 1.33. The average molecular weight is 209 g/mol. The van der Waals surface area contributed by atoms with Crippen LogP contribution in [0.1, 0.15) is 11.1 Å². The van der Waals surface area contributed by atoms with Gasteiger partial charge in [0.15, 0.2) is 0 Å². The van der Waals surface area contributed by atoms with Crippen LogP contribution in [0, 0.1) is 11.6 Å². The van der Waals surface area contributed by atoms with Crippen molar-refractivity contribution in [1.82, 2.24) is 10.2 Å². The maximum Gasteiger partial charge on any atom is 0.129 e. The molecule has 0 fully saturated rings. The summed E-state index contributed by atoms with van der Waals surface area (Å²) in [5.74, 6) is -0.759. The van der Waals surface area contributed by atoms with Crippen molar-refractivity contribution in [3.63, 3.8) is 0 Å². The number of H-pyrrole nitrogens is 1. The summed E-state index contributed by atoms with van der Waals surface area (Å²) in [6.07, 6.45) is 1.83. The number of halogens is 2. The normalized spacial score (nSPS) is 10.5. The molecule has 78 valence electrons. The van der Waals surface area contributed by atoms with E-state index in [9.17, 15) is 8.78 Å². The summed E-state index contributed by atoms with van der Waals surface area (Å²) in [4.78, 5) is 0. The van der Waals surface area contributed by atoms with Crippen molar-refractivity contribution < 1.29 is 8.78 Å². The van der Waals surface area contributed by atoms with Crippen LogP contribution in [-0.4, -0.2) is 10.2 Å². The molecule has 0 aliphatic carbocycles. The highest BCUT2D eigenvalue weighted by atomic mass is 19.1. The second-order valence-corrected chi connectivity index (χ2v) is 3.22. The van der Waals surface area contributed by atoms with Crippen molar-refractivity contribution in [2.45, 2.75) is 6.42 Å². The summed E-state index contributed by atoms with van der Waals surface area (Å²) in [5.41, 5.74) is 6.64. The molecule has 3 N–H and O–H groups in total. The van der Waals surface area contributed by atoms with Crippen LogP contribution in [0.3, 0.4) is 0 Å². The Morgan fingerprint density at radius 1 is 1.27 bits per heavy atom. The van der Waals surface area contributed by atoms with Gasteiger partial charge in [0, 0.05) is 18.1 Å². The van der Waals surface area contributed by atoms with Crippen LogP contribution in [0.5, 0.6) is 0 Å². The van der Waals surface area contributed by atoms with E-state index in [1.165, 1.54) is 18.3 Å². The van der Waals surface area contributed by atoms with Crippen LogP contribution >= 0.6 is 0 Å². The minimum Gasteiger partial charge on any atom is -0.384 e. The van der Waals surface area contributed by atoms with Gasteiger partial charge < -0.3 is 5.73 Å². The van der Waals surface area contributed by atoms with E-state index >= 15 is 0 Å². The van der Waals surface area contributed by atoms with Crippen LogP contribution in [0.15, 0.2) is 24.4 Å². The van der Waals surface area contributed by atoms with Gasteiger partial charge in [0.2, 0.25) is 0 Å². The third-order valence-corrected chi connectivity index (χ3v) is 2.15. The minimum absolute atomic E-state index is 0.300. The van der Waals surface area contributed by atoms with Gasteiger partial charge in [0.1, 0.15) is 17.5 Å². The van der Waals surface area contributed by atoms with Gasteiger partial charge in [-0.05, 0) is 11.6 Å². The molecule has 1 heterocycles. The Hall–Kier alpha value is -1.91. The van der Waals surface area contributed by atoms with Crippen molar-refractivity contribution in [2.24, 2.45) is 0 Å². The molecule has 0 aliphatic heterocycles. The Balaban J connectivity index is 2.29. The number of nitrogens with zero attached hydrogens (tertiary/aromatic N) is 1. The lowest BCUT2D eigenvalue weighted by atomic mass is 10.1. The summed E-state index contributed by atoms with van der Waals surface area (Å²) < 4.78 is 25.9. The first-order valence-electron chi connectivity index (χ1n) is 4.38. The third kappa shape index (κ3) is 1.96. The molecule has 0 saturated heterocycles. The van der Waals surface area contributed by atoms with Crippen LogP contribution in [0.25, 0.3) is 0 Å². The molecule has 3 nitrogen and oxygen atoms in total. The molecular formula is C10H9F2N3. The number of hydrogen-bond acceptors (Lipinski definition) is 2. The molecule has 0 atom stereocenters. The second-order valence-electron chi connectivity index (χ2n) is 3.22. The number of nitrogens with one attached hydrogen (secondary N) is 1. The summed E-state index contributed by atoms with van der Waals surface area (Å²) in [6.45, 7) is 0. The van der Waals surface area contributed by atoms with E-state index in [-0.39, 0.29) is 0 Å². The van der Waals surface area contributed by atoms with Crippen LogP contribution in [0.2, 0.25) is 0 Å². The molecule has 0 radical (unpaired) electrons. The van der Waals surface area contributed by atoms with Crippen molar-refractivity contribution in [1.29, 1.82) is 0 Å². The molecule has 0 aliphatic rings. The Labute approximate surface area is 84.9 Å². The summed E-state index contributed by atoms with van der Waals surface area (Å²) >= 11 is 0. The number of aromatic amines is 1. The molecular weight excluding hydrogens is 200 g/mol. The molecule has 0 bridgehead atoms. The average Bonchev–Trinajstić information content (AvgIpc) is 2.57. The molecule has 0 amide bonds. The first kappa shape index (κ1) is 9.64. The van der Waals surface area contributed by atoms with E-state index in [2.05, 4.69) is 10.2 Å². The topological polar surface area (TPSA) is 54.7 Å². The summed E-state index contributed by atoms with van der Waals surface area (Å²) in [7, 11) is 0. The minimum atomic E-state index is -0.587. The van der Waals surface area contributed by atoms with E-state index in [0.717, 1.165) is 6.07 Å². The number of anilines is 1. The van der Waals surface area contributed by atoms with E-state index in [1.807, 2.05) is 0 Å². The Kier molecular flexibility index (Phi) is 2.37. The van der Waals surface area contributed by atoms with Gasteiger partial charge in [-0.3, -0.25) is 5.10 Å². The van der Waals surface area contributed by atoms with Gasteiger partial charge in [0.05, 0.1) is 6.20 Å². The largest absolute Gasteiger partial charge is 0.384 e. The highest BCUT2D eigenvalue weighted by Crippen LogP contribution is 2.16. The smallest absolute Gasteiger partial charge is 0.129 e. The Morgan fingerprint density at radius 2 is 2.07 bits per heavy atom. The van der Waals surface area contributed by atoms with Crippen LogP contribution in [-0.2, 0) is 6.42 Å². The highest BCUT2D eigenvalue weighted by Gasteiger charge is 2.07. The number of nitrogens with two attached hydrogens (primary N) is 1.